The van der Waals surface area contributed by atoms with E-state index in [1.807, 2.05) is 13.8 Å². The fourth-order valence-electron chi connectivity index (χ4n) is 3.96. The van der Waals surface area contributed by atoms with Crippen molar-refractivity contribution in [1.82, 2.24) is 25.9 Å². The number of alkyl carbamates (subject to hydrolysis) is 1. The average Bonchev–Trinajstić information content (AvgIpc) is 3.00. The molecule has 0 fully saturated rings. The summed E-state index contributed by atoms with van der Waals surface area (Å²) in [6.07, 6.45) is 1.52. The molecule has 0 aliphatic rings. The van der Waals surface area contributed by atoms with Gasteiger partial charge in [-0.15, -0.1) is 0 Å². The number of rotatable bonds is 19. The van der Waals surface area contributed by atoms with Gasteiger partial charge in [0.1, 0.15) is 29.1 Å². The molecule has 0 radical (unpaired) electrons. The lowest BCUT2D eigenvalue weighted by Gasteiger charge is -2.31. The van der Waals surface area contributed by atoms with Crippen LogP contribution in [-0.2, 0) is 23.7 Å². The molecule has 0 bridgehead atoms. The molecule has 0 saturated heterocycles. The number of benzene rings is 1. The summed E-state index contributed by atoms with van der Waals surface area (Å²) in [4.78, 5) is 47.1. The van der Waals surface area contributed by atoms with E-state index in [9.17, 15) is 14.4 Å². The highest BCUT2D eigenvalue weighted by atomic mass is 35.5. The van der Waals surface area contributed by atoms with Crippen molar-refractivity contribution in [1.29, 1.82) is 0 Å². The van der Waals surface area contributed by atoms with E-state index in [1.54, 1.807) is 52.1 Å². The number of hydrogen-bond acceptors (Lipinski definition) is 10. The Labute approximate surface area is 270 Å². The summed E-state index contributed by atoms with van der Waals surface area (Å²) in [6.45, 7) is 11.4. The molecule has 14 heteroatoms. The van der Waals surface area contributed by atoms with Gasteiger partial charge in [-0.1, -0.05) is 37.6 Å². The molecule has 0 aliphatic carbocycles. The number of nitrogens with zero attached hydrogens (tertiary/aromatic N) is 2. The molecule has 2 rings (SSSR count). The van der Waals surface area contributed by atoms with Gasteiger partial charge >= 0.3 is 6.09 Å². The summed E-state index contributed by atoms with van der Waals surface area (Å²) in [6, 6.07) is 6.92. The molecular formula is C31H46ClN5O8. The van der Waals surface area contributed by atoms with Crippen LogP contribution in [0.2, 0.25) is 5.02 Å². The number of halogens is 1. The molecule has 1 heterocycles. The highest BCUT2D eigenvalue weighted by Crippen LogP contribution is 2.28. The Balaban J connectivity index is 1.89. The maximum atomic E-state index is 13.4. The first-order chi connectivity index (χ1) is 21.4. The highest BCUT2D eigenvalue weighted by Gasteiger charge is 2.37. The van der Waals surface area contributed by atoms with Crippen LogP contribution in [0, 0.1) is 0 Å². The molecule has 1 aromatic carbocycles. The Morgan fingerprint density at radius 1 is 0.867 bits per heavy atom. The van der Waals surface area contributed by atoms with Crippen molar-refractivity contribution in [3.63, 3.8) is 0 Å². The minimum absolute atomic E-state index is 0.0303. The average molecular weight is 652 g/mol. The summed E-state index contributed by atoms with van der Waals surface area (Å²) in [5.74, 6) is -0.641. The van der Waals surface area contributed by atoms with E-state index in [4.69, 9.17) is 35.3 Å². The van der Waals surface area contributed by atoms with E-state index in [2.05, 4.69) is 25.9 Å². The number of hydrogen-bond donors (Lipinski definition) is 3. The minimum atomic E-state index is -1.17. The van der Waals surface area contributed by atoms with Crippen LogP contribution in [0.15, 0.2) is 30.5 Å². The van der Waals surface area contributed by atoms with Crippen molar-refractivity contribution in [2.75, 3.05) is 59.8 Å². The van der Waals surface area contributed by atoms with Crippen molar-refractivity contribution in [3.8, 4) is 17.1 Å². The Morgan fingerprint density at radius 3 is 2.07 bits per heavy atom. The lowest BCUT2D eigenvalue weighted by atomic mass is 9.91. The predicted octanol–water partition coefficient (Wildman–Crippen LogP) is 3.78. The lowest BCUT2D eigenvalue weighted by molar-refractivity contribution is -0.128. The standard InChI is InChI=1S/C31H46ClN5O8/c1-7-31(8-2,28(39)33-13-15-42-18-19-43-16-14-34-29(40)45-30(3,4)5)37-26(38)24-21-35-27(44-20-17-41-6)25(36-24)22-9-11-23(32)12-10-22/h9-12,21H,7-8,13-20H2,1-6H3,(H,33,39)(H,34,40)(H,37,38). The summed E-state index contributed by atoms with van der Waals surface area (Å²) in [7, 11) is 1.56. The number of aromatic nitrogens is 2. The maximum absolute atomic E-state index is 13.4. The van der Waals surface area contributed by atoms with Crippen molar-refractivity contribution in [3.05, 3.63) is 41.2 Å². The van der Waals surface area contributed by atoms with E-state index in [1.165, 1.54) is 6.20 Å². The number of carbonyl (C=O) groups is 3. The zero-order chi connectivity index (χ0) is 33.3. The van der Waals surface area contributed by atoms with Crippen molar-refractivity contribution in [2.45, 2.75) is 58.6 Å². The summed E-state index contributed by atoms with van der Waals surface area (Å²) >= 11 is 6.05. The van der Waals surface area contributed by atoms with Gasteiger partial charge in [0, 0.05) is 30.8 Å². The van der Waals surface area contributed by atoms with Gasteiger partial charge < -0.3 is 39.6 Å². The van der Waals surface area contributed by atoms with Gasteiger partial charge in [-0.05, 0) is 45.7 Å². The Kier molecular flexibility index (Phi) is 16.0. The Morgan fingerprint density at radius 2 is 1.49 bits per heavy atom. The molecule has 2 aromatic rings. The number of ether oxygens (including phenoxy) is 5. The second-order valence-corrected chi connectivity index (χ2v) is 11.3. The Hall–Kier alpha value is -3.52. The molecule has 1 aromatic heterocycles. The van der Waals surface area contributed by atoms with Crippen molar-refractivity contribution >= 4 is 29.5 Å². The molecule has 0 atom stereocenters. The molecule has 13 nitrogen and oxygen atoms in total. The third-order valence-electron chi connectivity index (χ3n) is 6.43. The van der Waals surface area contributed by atoms with Gasteiger partial charge in [0.15, 0.2) is 0 Å². The smallest absolute Gasteiger partial charge is 0.407 e. The SMILES string of the molecule is CCC(CC)(NC(=O)c1cnc(OCCOC)c(-c2ccc(Cl)cc2)n1)C(=O)NCCOCCOCCNC(=O)OC(C)(C)C. The zero-order valence-electron chi connectivity index (χ0n) is 27.0. The van der Waals surface area contributed by atoms with Crippen LogP contribution in [0.4, 0.5) is 4.79 Å². The second kappa shape index (κ2) is 19.1. The molecule has 250 valence electrons. The van der Waals surface area contributed by atoms with E-state index in [-0.39, 0.29) is 37.2 Å². The fourth-order valence-corrected chi connectivity index (χ4v) is 4.09. The first kappa shape index (κ1) is 37.7. The van der Waals surface area contributed by atoms with Crippen LogP contribution in [0.1, 0.15) is 57.9 Å². The van der Waals surface area contributed by atoms with E-state index >= 15 is 0 Å². The van der Waals surface area contributed by atoms with Crippen LogP contribution in [0.3, 0.4) is 0 Å². The van der Waals surface area contributed by atoms with Crippen molar-refractivity contribution in [2.24, 2.45) is 0 Å². The topological polar surface area (TPSA) is 159 Å². The fraction of sp³-hybridized carbons (Fsp3) is 0.581. The molecule has 0 aliphatic heterocycles. The number of amides is 3. The van der Waals surface area contributed by atoms with E-state index < -0.39 is 23.1 Å². The third kappa shape index (κ3) is 13.2. The van der Waals surface area contributed by atoms with Gasteiger partial charge in [0.2, 0.25) is 11.8 Å². The second-order valence-electron chi connectivity index (χ2n) is 10.9. The monoisotopic (exact) mass is 651 g/mol. The van der Waals surface area contributed by atoms with Gasteiger partial charge in [-0.2, -0.15) is 0 Å². The molecule has 0 saturated carbocycles. The minimum Gasteiger partial charge on any atom is -0.474 e. The van der Waals surface area contributed by atoms with Crippen LogP contribution in [-0.4, -0.2) is 98.9 Å². The van der Waals surface area contributed by atoms with Gasteiger partial charge in [0.25, 0.3) is 5.91 Å². The number of methoxy groups -OCH3 is 1. The van der Waals surface area contributed by atoms with Gasteiger partial charge in [0.05, 0.1) is 39.2 Å². The maximum Gasteiger partial charge on any atom is 0.407 e. The van der Waals surface area contributed by atoms with Crippen LogP contribution < -0.4 is 20.7 Å². The quantitative estimate of drug-likeness (QED) is 0.191. The largest absolute Gasteiger partial charge is 0.474 e. The van der Waals surface area contributed by atoms with E-state index in [0.717, 1.165) is 0 Å². The van der Waals surface area contributed by atoms with Gasteiger partial charge in [-0.3, -0.25) is 9.59 Å². The van der Waals surface area contributed by atoms with Gasteiger partial charge in [-0.25, -0.2) is 14.8 Å². The summed E-state index contributed by atoms with van der Waals surface area (Å²) in [5.41, 5.74) is -0.678. The molecule has 45 heavy (non-hydrogen) atoms. The lowest BCUT2D eigenvalue weighted by Crippen LogP contribution is -2.58. The molecular weight excluding hydrogens is 606 g/mol. The van der Waals surface area contributed by atoms with Crippen LogP contribution in [0.25, 0.3) is 11.3 Å². The Bertz CT molecular complexity index is 1220. The summed E-state index contributed by atoms with van der Waals surface area (Å²) in [5, 5.41) is 8.87. The highest BCUT2D eigenvalue weighted by molar-refractivity contribution is 6.30. The first-order valence-corrected chi connectivity index (χ1v) is 15.3. The number of nitrogens with one attached hydrogen (secondary N) is 3. The normalized spacial score (nSPS) is 11.5. The first-order valence-electron chi connectivity index (χ1n) is 14.9. The van der Waals surface area contributed by atoms with E-state index in [0.29, 0.717) is 62.1 Å². The molecule has 0 unspecified atom stereocenters. The predicted molar refractivity (Wildman–Crippen MR) is 170 cm³/mol. The van der Waals surface area contributed by atoms with Crippen LogP contribution in [0.5, 0.6) is 5.88 Å². The molecule has 3 N–H and O–H groups in total. The molecule has 0 spiro atoms. The summed E-state index contributed by atoms with van der Waals surface area (Å²) < 4.78 is 26.9. The van der Waals surface area contributed by atoms with Crippen molar-refractivity contribution < 1.29 is 38.1 Å². The zero-order valence-corrected chi connectivity index (χ0v) is 27.8. The number of carbonyl (C=O) groups excluding carboxylic acids is 3. The molecule has 3 amide bonds. The third-order valence-corrected chi connectivity index (χ3v) is 6.68. The van der Waals surface area contributed by atoms with Crippen LogP contribution >= 0.6 is 11.6 Å².